The molecule has 7 heteroatoms. The minimum atomic E-state index is -4.38. The molecule has 1 unspecified atom stereocenters. The van der Waals surface area contributed by atoms with Crippen LogP contribution in [0.4, 0.5) is 24.5 Å². The van der Waals surface area contributed by atoms with Gasteiger partial charge in [-0.25, -0.2) is 0 Å². The molecule has 1 fully saturated rings. The molecule has 2 aliphatic rings. The molecule has 1 saturated heterocycles. The van der Waals surface area contributed by atoms with Crippen LogP contribution < -0.4 is 10.6 Å². The minimum absolute atomic E-state index is 0.271. The van der Waals surface area contributed by atoms with Crippen LogP contribution in [-0.4, -0.2) is 23.1 Å². The van der Waals surface area contributed by atoms with Gasteiger partial charge in [-0.3, -0.25) is 4.90 Å². The molecule has 27 heavy (non-hydrogen) atoms. The number of alkyl halides is 3. The van der Waals surface area contributed by atoms with Gasteiger partial charge in [0.15, 0.2) is 5.11 Å². The normalized spacial score (nSPS) is 19.3. The summed E-state index contributed by atoms with van der Waals surface area (Å²) in [5.74, 6) is 0. The predicted molar refractivity (Wildman–Crippen MR) is 105 cm³/mol. The van der Waals surface area contributed by atoms with Crippen LogP contribution in [0, 0.1) is 0 Å². The van der Waals surface area contributed by atoms with Crippen molar-refractivity contribution in [2.45, 2.75) is 31.5 Å². The summed E-state index contributed by atoms with van der Waals surface area (Å²) in [5.41, 5.74) is 3.17. The number of nitrogens with one attached hydrogen (secondary N) is 2. The van der Waals surface area contributed by atoms with E-state index in [-0.39, 0.29) is 5.11 Å². The molecule has 0 aliphatic carbocycles. The van der Waals surface area contributed by atoms with Crippen molar-refractivity contribution in [2.75, 3.05) is 23.7 Å². The van der Waals surface area contributed by atoms with Gasteiger partial charge in [0.1, 0.15) is 0 Å². The molecule has 0 radical (unpaired) electrons. The molecule has 0 aromatic heterocycles. The lowest BCUT2D eigenvalue weighted by Crippen LogP contribution is -2.31. The van der Waals surface area contributed by atoms with Crippen molar-refractivity contribution in [3.05, 3.63) is 59.2 Å². The van der Waals surface area contributed by atoms with Gasteiger partial charge < -0.3 is 10.6 Å². The summed E-state index contributed by atoms with van der Waals surface area (Å²) in [4.78, 5) is 2.54. The third-order valence-corrected chi connectivity index (χ3v) is 5.44. The third kappa shape index (κ3) is 3.94. The second kappa shape index (κ2) is 7.13. The Kier molecular flexibility index (Phi) is 4.82. The molecule has 4 rings (SSSR count). The van der Waals surface area contributed by atoms with Crippen LogP contribution in [0.5, 0.6) is 0 Å². The SMILES string of the molecule is FC(F)(F)c1cccc(NC(=S)Nc2ccc3c(c2)CCN2CCCC32)c1. The van der Waals surface area contributed by atoms with Crippen LogP contribution in [0.1, 0.15) is 35.6 Å². The van der Waals surface area contributed by atoms with Crippen LogP contribution in [-0.2, 0) is 12.6 Å². The Hall–Kier alpha value is -2.12. The van der Waals surface area contributed by atoms with E-state index in [1.54, 1.807) is 6.07 Å². The number of halogens is 3. The Morgan fingerprint density at radius 3 is 2.59 bits per heavy atom. The van der Waals surface area contributed by atoms with Gasteiger partial charge in [0.05, 0.1) is 5.56 Å². The standard InChI is InChI=1S/C20H20F3N3S/c21-20(22,23)14-3-1-4-15(12-14)24-19(27)25-16-6-7-17-13(11-16)8-10-26-9-2-5-18(17)26/h1,3-4,6-7,11-12,18H,2,5,8-10H2,(H2,24,25,27). The van der Waals surface area contributed by atoms with Crippen LogP contribution in [0.25, 0.3) is 0 Å². The number of benzene rings is 2. The molecule has 1 atom stereocenters. The van der Waals surface area contributed by atoms with Gasteiger partial charge in [0, 0.05) is 24.0 Å². The Labute approximate surface area is 161 Å². The maximum atomic E-state index is 12.8. The largest absolute Gasteiger partial charge is 0.416 e. The molecule has 0 amide bonds. The Balaban J connectivity index is 1.45. The van der Waals surface area contributed by atoms with E-state index in [4.69, 9.17) is 12.2 Å². The quantitative estimate of drug-likeness (QED) is 0.688. The first-order chi connectivity index (χ1) is 12.9. The number of nitrogens with zero attached hydrogens (tertiary/aromatic N) is 1. The van der Waals surface area contributed by atoms with Crippen molar-refractivity contribution in [3.8, 4) is 0 Å². The van der Waals surface area contributed by atoms with E-state index in [1.165, 1.54) is 36.6 Å². The number of hydrogen-bond donors (Lipinski definition) is 2. The monoisotopic (exact) mass is 391 g/mol. The van der Waals surface area contributed by atoms with Crippen molar-refractivity contribution >= 4 is 28.7 Å². The molecule has 0 saturated carbocycles. The zero-order chi connectivity index (χ0) is 19.0. The summed E-state index contributed by atoms with van der Waals surface area (Å²) in [6.45, 7) is 2.25. The molecule has 3 nitrogen and oxygen atoms in total. The number of anilines is 2. The summed E-state index contributed by atoms with van der Waals surface area (Å²) in [6, 6.07) is 11.8. The zero-order valence-electron chi connectivity index (χ0n) is 14.6. The first-order valence-corrected chi connectivity index (χ1v) is 9.43. The van der Waals surface area contributed by atoms with Crippen molar-refractivity contribution in [2.24, 2.45) is 0 Å². The molecule has 142 valence electrons. The molecule has 0 spiro atoms. The van der Waals surface area contributed by atoms with E-state index in [0.717, 1.165) is 30.8 Å². The van der Waals surface area contributed by atoms with Crippen molar-refractivity contribution < 1.29 is 13.2 Å². The fourth-order valence-electron chi connectivity index (χ4n) is 4.00. The summed E-state index contributed by atoms with van der Waals surface area (Å²) in [6.07, 6.45) is -0.918. The minimum Gasteiger partial charge on any atom is -0.332 e. The Morgan fingerprint density at radius 2 is 1.81 bits per heavy atom. The highest BCUT2D eigenvalue weighted by atomic mass is 32.1. The summed E-state index contributed by atoms with van der Waals surface area (Å²) in [5, 5.41) is 6.19. The molecule has 2 aromatic carbocycles. The third-order valence-electron chi connectivity index (χ3n) is 5.24. The number of thiocarbonyl (C=S) groups is 1. The van der Waals surface area contributed by atoms with E-state index < -0.39 is 11.7 Å². The van der Waals surface area contributed by atoms with Gasteiger partial charge >= 0.3 is 6.18 Å². The molecular formula is C20H20F3N3S. The second-order valence-electron chi connectivity index (χ2n) is 7.02. The molecular weight excluding hydrogens is 371 g/mol. The van der Waals surface area contributed by atoms with Crippen molar-refractivity contribution in [1.29, 1.82) is 0 Å². The number of rotatable bonds is 2. The first-order valence-electron chi connectivity index (χ1n) is 9.02. The van der Waals surface area contributed by atoms with Gasteiger partial charge in [-0.2, -0.15) is 13.2 Å². The van der Waals surface area contributed by atoms with Gasteiger partial charge in [-0.05, 0) is 79.5 Å². The average molecular weight is 391 g/mol. The van der Waals surface area contributed by atoms with E-state index in [2.05, 4.69) is 27.7 Å². The fraction of sp³-hybridized carbons (Fsp3) is 0.350. The lowest BCUT2D eigenvalue weighted by molar-refractivity contribution is -0.137. The van der Waals surface area contributed by atoms with E-state index in [9.17, 15) is 13.2 Å². The molecule has 0 bridgehead atoms. The number of fused-ring (bicyclic) bond motifs is 3. The first kappa shape index (κ1) is 18.3. The van der Waals surface area contributed by atoms with Crippen LogP contribution in [0.3, 0.4) is 0 Å². The van der Waals surface area contributed by atoms with Crippen LogP contribution in [0.2, 0.25) is 0 Å². The van der Waals surface area contributed by atoms with Crippen molar-refractivity contribution in [1.82, 2.24) is 4.90 Å². The number of hydrogen-bond acceptors (Lipinski definition) is 2. The summed E-state index contributed by atoms with van der Waals surface area (Å²) >= 11 is 5.27. The van der Waals surface area contributed by atoms with Crippen LogP contribution >= 0.6 is 12.2 Å². The smallest absolute Gasteiger partial charge is 0.332 e. The summed E-state index contributed by atoms with van der Waals surface area (Å²) in [7, 11) is 0. The highest BCUT2D eigenvalue weighted by Crippen LogP contribution is 2.38. The van der Waals surface area contributed by atoms with Crippen LogP contribution in [0.15, 0.2) is 42.5 Å². The second-order valence-corrected chi connectivity index (χ2v) is 7.42. The van der Waals surface area contributed by atoms with Gasteiger partial charge in [-0.15, -0.1) is 0 Å². The Bertz CT molecular complexity index is 866. The highest BCUT2D eigenvalue weighted by molar-refractivity contribution is 7.80. The van der Waals surface area contributed by atoms with Gasteiger partial charge in [-0.1, -0.05) is 12.1 Å². The predicted octanol–water partition coefficient (Wildman–Crippen LogP) is 5.21. The maximum absolute atomic E-state index is 12.8. The van der Waals surface area contributed by atoms with E-state index in [1.807, 2.05) is 6.07 Å². The van der Waals surface area contributed by atoms with E-state index >= 15 is 0 Å². The lowest BCUT2D eigenvalue weighted by atomic mass is 9.92. The molecule has 2 N–H and O–H groups in total. The lowest BCUT2D eigenvalue weighted by Gasteiger charge is -2.32. The average Bonchev–Trinajstić information content (AvgIpc) is 3.10. The molecule has 2 aromatic rings. The molecule has 2 heterocycles. The zero-order valence-corrected chi connectivity index (χ0v) is 15.5. The van der Waals surface area contributed by atoms with E-state index in [0.29, 0.717) is 11.7 Å². The maximum Gasteiger partial charge on any atom is 0.416 e. The Morgan fingerprint density at radius 1 is 1.04 bits per heavy atom. The fourth-order valence-corrected chi connectivity index (χ4v) is 4.24. The molecule has 2 aliphatic heterocycles. The van der Waals surface area contributed by atoms with Crippen molar-refractivity contribution in [3.63, 3.8) is 0 Å². The topological polar surface area (TPSA) is 27.3 Å². The van der Waals surface area contributed by atoms with Gasteiger partial charge in [0.25, 0.3) is 0 Å². The summed E-state index contributed by atoms with van der Waals surface area (Å²) < 4.78 is 38.5. The highest BCUT2D eigenvalue weighted by Gasteiger charge is 2.31. The van der Waals surface area contributed by atoms with Gasteiger partial charge in [0.2, 0.25) is 0 Å².